The van der Waals surface area contributed by atoms with Crippen LogP contribution in [0.25, 0.3) is 0 Å². The minimum absolute atomic E-state index is 0.896. The van der Waals surface area contributed by atoms with Gasteiger partial charge in [-0.15, -0.1) is 0 Å². The van der Waals surface area contributed by atoms with Crippen molar-refractivity contribution in [2.45, 2.75) is 45.3 Å². The molecule has 0 heterocycles. The predicted octanol–water partition coefficient (Wildman–Crippen LogP) is 4.31. The van der Waals surface area contributed by atoms with Crippen molar-refractivity contribution < 1.29 is 0 Å². The second-order valence-electron chi connectivity index (χ2n) is 5.94. The molecule has 0 amide bonds. The van der Waals surface area contributed by atoms with Crippen LogP contribution in [0.2, 0.25) is 45.3 Å². The molecule has 0 radical (unpaired) electrons. The fraction of sp³-hybridized carbons (Fsp3) is 0.636. The monoisotopic (exact) mass is 212 g/mol. The van der Waals surface area contributed by atoms with E-state index in [0.29, 0.717) is 0 Å². The summed E-state index contributed by atoms with van der Waals surface area (Å²) in [7, 11) is -2.02. The quantitative estimate of drug-likeness (QED) is 0.481. The summed E-state index contributed by atoms with van der Waals surface area (Å²) in [4.78, 5) is 0. The van der Waals surface area contributed by atoms with E-state index in [4.69, 9.17) is 0 Å². The van der Waals surface area contributed by atoms with Crippen LogP contribution < -0.4 is 0 Å². The fourth-order valence-electron chi connectivity index (χ4n) is 0.805. The van der Waals surface area contributed by atoms with Crippen molar-refractivity contribution in [2.24, 2.45) is 0 Å². The molecule has 0 aromatic carbocycles. The van der Waals surface area contributed by atoms with Crippen molar-refractivity contribution in [1.82, 2.24) is 0 Å². The van der Waals surface area contributed by atoms with Gasteiger partial charge < -0.3 is 0 Å². The first-order chi connectivity index (χ1) is 5.63. The lowest BCUT2D eigenvalue weighted by molar-refractivity contribution is 1.50. The van der Waals surface area contributed by atoms with Crippen molar-refractivity contribution in [3.8, 4) is 0 Å². The van der Waals surface area contributed by atoms with E-state index < -0.39 is 16.1 Å². The Morgan fingerprint density at radius 2 is 1.54 bits per heavy atom. The molecule has 13 heavy (non-hydrogen) atoms. The third-order valence-electron chi connectivity index (χ3n) is 2.01. The molecule has 0 N–H and O–H groups in total. The molecule has 0 aliphatic rings. The molecule has 0 aromatic heterocycles. The lowest BCUT2D eigenvalue weighted by atomic mass is 10.5. The van der Waals surface area contributed by atoms with E-state index in [1.54, 1.807) is 0 Å². The number of allylic oxidation sites excluding steroid dienone is 3. The molecule has 0 saturated heterocycles. The Balaban J connectivity index is 4.09. The molecular formula is C11H24Si2. The van der Waals surface area contributed by atoms with E-state index in [1.165, 1.54) is 11.2 Å². The van der Waals surface area contributed by atoms with Crippen LogP contribution in [-0.4, -0.2) is 16.1 Å². The van der Waals surface area contributed by atoms with Crippen molar-refractivity contribution in [1.29, 1.82) is 0 Å². The lowest BCUT2D eigenvalue weighted by Gasteiger charge is -2.17. The van der Waals surface area contributed by atoms with E-state index >= 15 is 0 Å². The summed E-state index contributed by atoms with van der Waals surface area (Å²) in [5.74, 6) is 0. The standard InChI is InChI=1S/C11H24Si2/c1-11(13(5,6)7)9-8-10-12(2,3)4/h8-9H,1,10H2,2-7H3/b9-8+. The molecule has 0 aromatic rings. The summed E-state index contributed by atoms with van der Waals surface area (Å²) in [6.07, 6.45) is 4.58. The summed E-state index contributed by atoms with van der Waals surface area (Å²) in [6.45, 7) is 18.4. The second-order valence-corrected chi connectivity index (χ2v) is 16.6. The highest BCUT2D eigenvalue weighted by molar-refractivity contribution is 6.83. The van der Waals surface area contributed by atoms with Gasteiger partial charge in [0.1, 0.15) is 0 Å². The Hall–Kier alpha value is -0.0862. The molecule has 0 aliphatic carbocycles. The summed E-state index contributed by atoms with van der Waals surface area (Å²) in [6, 6.07) is 1.27. The normalized spacial score (nSPS) is 13.7. The van der Waals surface area contributed by atoms with Crippen molar-refractivity contribution in [2.75, 3.05) is 0 Å². The largest absolute Gasteiger partial charge is 0.0998 e. The molecule has 0 fully saturated rings. The second kappa shape index (κ2) is 4.42. The lowest BCUT2D eigenvalue weighted by Crippen LogP contribution is -2.22. The summed E-state index contributed by atoms with van der Waals surface area (Å²) in [5, 5.41) is 1.37. The number of hydrogen-bond donors (Lipinski definition) is 0. The molecule has 0 saturated carbocycles. The maximum absolute atomic E-state index is 4.14. The topological polar surface area (TPSA) is 0 Å². The average molecular weight is 212 g/mol. The Morgan fingerprint density at radius 3 is 1.85 bits per heavy atom. The Labute approximate surface area is 85.8 Å². The van der Waals surface area contributed by atoms with Gasteiger partial charge in [0.2, 0.25) is 0 Å². The SMILES string of the molecule is C=C(/C=C/C[Si](C)(C)C)[Si](C)(C)C. The van der Waals surface area contributed by atoms with Gasteiger partial charge in [-0.2, -0.15) is 0 Å². The highest BCUT2D eigenvalue weighted by Gasteiger charge is 2.15. The average Bonchev–Trinajstić information content (AvgIpc) is 1.82. The molecule has 76 valence electrons. The maximum Gasteiger partial charge on any atom is 0.0767 e. The molecule has 0 rings (SSSR count). The zero-order chi connectivity index (χ0) is 10.7. The molecule has 0 unspecified atom stereocenters. The number of rotatable bonds is 4. The summed E-state index contributed by atoms with van der Waals surface area (Å²) < 4.78 is 0. The number of hydrogen-bond acceptors (Lipinski definition) is 0. The fourth-order valence-corrected chi connectivity index (χ4v) is 2.25. The van der Waals surface area contributed by atoms with Crippen molar-refractivity contribution >= 4 is 16.1 Å². The van der Waals surface area contributed by atoms with Crippen LogP contribution in [0.3, 0.4) is 0 Å². The highest BCUT2D eigenvalue weighted by Crippen LogP contribution is 2.15. The molecule has 2 heteroatoms. The summed E-state index contributed by atoms with van der Waals surface area (Å²) >= 11 is 0. The summed E-state index contributed by atoms with van der Waals surface area (Å²) in [5.41, 5.74) is 0. The van der Waals surface area contributed by atoms with Gasteiger partial charge in [-0.25, -0.2) is 0 Å². The van der Waals surface area contributed by atoms with Gasteiger partial charge >= 0.3 is 0 Å². The van der Waals surface area contributed by atoms with Crippen molar-refractivity contribution in [3.05, 3.63) is 23.9 Å². The molecular weight excluding hydrogens is 188 g/mol. The Bertz CT molecular complexity index is 201. The van der Waals surface area contributed by atoms with Crippen LogP contribution in [0.4, 0.5) is 0 Å². The Kier molecular flexibility index (Phi) is 4.39. The maximum atomic E-state index is 4.14. The zero-order valence-corrected chi connectivity index (χ0v) is 12.1. The van der Waals surface area contributed by atoms with Gasteiger partial charge in [-0.05, 0) is 6.04 Å². The third-order valence-corrected chi connectivity index (χ3v) is 5.57. The van der Waals surface area contributed by atoms with E-state index in [1.807, 2.05) is 0 Å². The third kappa shape index (κ3) is 7.02. The minimum atomic E-state index is -1.12. The molecule has 0 nitrogen and oxygen atoms in total. The Morgan fingerprint density at radius 1 is 1.08 bits per heavy atom. The van der Waals surface area contributed by atoms with Crippen LogP contribution >= 0.6 is 0 Å². The van der Waals surface area contributed by atoms with Gasteiger partial charge in [-0.3, -0.25) is 0 Å². The zero-order valence-electron chi connectivity index (χ0n) is 10.1. The van der Waals surface area contributed by atoms with Crippen LogP contribution in [0.15, 0.2) is 23.9 Å². The molecule has 0 atom stereocenters. The molecule has 0 spiro atoms. The van der Waals surface area contributed by atoms with Crippen LogP contribution in [0.5, 0.6) is 0 Å². The van der Waals surface area contributed by atoms with Crippen molar-refractivity contribution in [3.63, 3.8) is 0 Å². The first kappa shape index (κ1) is 12.9. The van der Waals surface area contributed by atoms with E-state index in [9.17, 15) is 0 Å². The van der Waals surface area contributed by atoms with Gasteiger partial charge in [0, 0.05) is 8.07 Å². The smallest absolute Gasteiger partial charge is 0.0767 e. The van der Waals surface area contributed by atoms with Gasteiger partial charge in [0.25, 0.3) is 0 Å². The van der Waals surface area contributed by atoms with Gasteiger partial charge in [-0.1, -0.05) is 63.2 Å². The molecule has 0 aliphatic heterocycles. The predicted molar refractivity (Wildman–Crippen MR) is 69.8 cm³/mol. The first-order valence-electron chi connectivity index (χ1n) is 4.99. The van der Waals surface area contributed by atoms with E-state index in [-0.39, 0.29) is 0 Å². The molecule has 0 bridgehead atoms. The minimum Gasteiger partial charge on any atom is -0.0998 e. The van der Waals surface area contributed by atoms with E-state index in [0.717, 1.165) is 0 Å². The van der Waals surface area contributed by atoms with Crippen LogP contribution in [0.1, 0.15) is 0 Å². The highest BCUT2D eigenvalue weighted by atomic mass is 28.3. The van der Waals surface area contributed by atoms with Gasteiger partial charge in [0.15, 0.2) is 0 Å². The van der Waals surface area contributed by atoms with Gasteiger partial charge in [0.05, 0.1) is 8.07 Å². The van der Waals surface area contributed by atoms with Crippen LogP contribution in [-0.2, 0) is 0 Å². The van der Waals surface area contributed by atoms with E-state index in [2.05, 4.69) is 58.0 Å². The first-order valence-corrected chi connectivity index (χ1v) is 12.2. The van der Waals surface area contributed by atoms with Crippen LogP contribution in [0, 0.1) is 0 Å².